The molecular formula is C13H20N2O2S. The molecule has 0 aliphatic carbocycles. The number of nitrogens with zero attached hydrogens (tertiary/aromatic N) is 1. The van der Waals surface area contributed by atoms with Gasteiger partial charge in [-0.25, -0.2) is 8.42 Å². The molecule has 0 amide bonds. The van der Waals surface area contributed by atoms with Gasteiger partial charge in [0.1, 0.15) is 0 Å². The van der Waals surface area contributed by atoms with Crippen LogP contribution in [0.3, 0.4) is 0 Å². The average molecular weight is 268 g/mol. The number of nitrogens with one attached hydrogen (secondary N) is 1. The van der Waals surface area contributed by atoms with Gasteiger partial charge >= 0.3 is 0 Å². The highest BCUT2D eigenvalue weighted by Gasteiger charge is 2.20. The fraction of sp³-hybridized carbons (Fsp3) is 0.538. The molecule has 100 valence electrons. The highest BCUT2D eigenvalue weighted by atomic mass is 32.2. The molecule has 1 aliphatic heterocycles. The summed E-state index contributed by atoms with van der Waals surface area (Å²) in [5, 5.41) is 3.36. The van der Waals surface area contributed by atoms with Gasteiger partial charge in [-0.15, -0.1) is 0 Å². The van der Waals surface area contributed by atoms with Crippen molar-refractivity contribution in [3.05, 3.63) is 30.3 Å². The SMILES string of the molecule is O=S1(=O)CCN(CCCNc2ccccc2)CC1. The van der Waals surface area contributed by atoms with Crippen LogP contribution < -0.4 is 5.32 Å². The Bertz CT molecular complexity index is 445. The van der Waals surface area contributed by atoms with E-state index in [9.17, 15) is 8.42 Å². The number of hydrogen-bond donors (Lipinski definition) is 1. The number of para-hydroxylation sites is 1. The Morgan fingerprint density at radius 2 is 1.78 bits per heavy atom. The molecule has 0 aromatic heterocycles. The molecule has 1 heterocycles. The molecule has 2 rings (SSSR count). The van der Waals surface area contributed by atoms with Crippen molar-refractivity contribution in [2.75, 3.05) is 43.0 Å². The number of hydrogen-bond acceptors (Lipinski definition) is 4. The third kappa shape index (κ3) is 4.31. The van der Waals surface area contributed by atoms with Crippen LogP contribution in [-0.4, -0.2) is 51.0 Å². The van der Waals surface area contributed by atoms with E-state index in [0.29, 0.717) is 24.6 Å². The summed E-state index contributed by atoms with van der Waals surface area (Å²) in [6.45, 7) is 3.27. The first-order valence-corrected chi connectivity index (χ1v) is 8.19. The zero-order valence-electron chi connectivity index (χ0n) is 10.5. The topological polar surface area (TPSA) is 49.4 Å². The normalized spacial score (nSPS) is 19.6. The van der Waals surface area contributed by atoms with Gasteiger partial charge in [0, 0.05) is 25.3 Å². The third-order valence-corrected chi connectivity index (χ3v) is 4.80. The van der Waals surface area contributed by atoms with E-state index >= 15 is 0 Å². The summed E-state index contributed by atoms with van der Waals surface area (Å²) in [4.78, 5) is 2.23. The van der Waals surface area contributed by atoms with E-state index in [-0.39, 0.29) is 0 Å². The van der Waals surface area contributed by atoms with Gasteiger partial charge in [0.25, 0.3) is 0 Å². The summed E-state index contributed by atoms with van der Waals surface area (Å²) in [6, 6.07) is 10.1. The van der Waals surface area contributed by atoms with Gasteiger partial charge < -0.3 is 10.2 Å². The molecule has 0 bridgehead atoms. The molecule has 1 N–H and O–H groups in total. The fourth-order valence-corrected chi connectivity index (χ4v) is 3.34. The molecule has 4 nitrogen and oxygen atoms in total. The molecule has 0 radical (unpaired) electrons. The van der Waals surface area contributed by atoms with Crippen molar-refractivity contribution in [3.63, 3.8) is 0 Å². The second-order valence-corrected chi connectivity index (χ2v) is 6.94. The summed E-state index contributed by atoms with van der Waals surface area (Å²) >= 11 is 0. The lowest BCUT2D eigenvalue weighted by molar-refractivity contribution is 0.295. The largest absolute Gasteiger partial charge is 0.385 e. The zero-order valence-corrected chi connectivity index (χ0v) is 11.3. The van der Waals surface area contributed by atoms with Gasteiger partial charge in [0.2, 0.25) is 0 Å². The molecule has 5 heteroatoms. The van der Waals surface area contributed by atoms with Gasteiger partial charge in [-0.3, -0.25) is 0 Å². The van der Waals surface area contributed by atoms with Gasteiger partial charge in [-0.05, 0) is 25.1 Å². The van der Waals surface area contributed by atoms with E-state index in [2.05, 4.69) is 10.2 Å². The van der Waals surface area contributed by atoms with Crippen molar-refractivity contribution in [1.29, 1.82) is 0 Å². The van der Waals surface area contributed by atoms with Crippen LogP contribution in [0.25, 0.3) is 0 Å². The Morgan fingerprint density at radius 1 is 1.11 bits per heavy atom. The second-order valence-electron chi connectivity index (χ2n) is 4.64. The first kappa shape index (κ1) is 13.4. The molecule has 1 fully saturated rings. The van der Waals surface area contributed by atoms with Gasteiger partial charge in [-0.2, -0.15) is 0 Å². The minimum atomic E-state index is -2.75. The van der Waals surface area contributed by atoms with Crippen molar-refractivity contribution < 1.29 is 8.42 Å². The van der Waals surface area contributed by atoms with E-state index in [1.807, 2.05) is 30.3 Å². The standard InChI is InChI=1S/C13H20N2O2S/c16-18(17)11-9-15(10-12-18)8-4-7-14-13-5-2-1-3-6-13/h1-3,5-6,14H,4,7-12H2. The minimum absolute atomic E-state index is 0.319. The van der Waals surface area contributed by atoms with Crippen molar-refractivity contribution >= 4 is 15.5 Å². The monoisotopic (exact) mass is 268 g/mol. The molecule has 0 atom stereocenters. The summed E-state index contributed by atoms with van der Waals surface area (Å²) in [6.07, 6.45) is 1.04. The predicted molar refractivity (Wildman–Crippen MR) is 74.6 cm³/mol. The lowest BCUT2D eigenvalue weighted by Crippen LogP contribution is -2.41. The summed E-state index contributed by atoms with van der Waals surface area (Å²) in [5.74, 6) is 0.637. The Balaban J connectivity index is 1.62. The van der Waals surface area contributed by atoms with Crippen LogP contribution in [-0.2, 0) is 9.84 Å². The van der Waals surface area contributed by atoms with Crippen LogP contribution in [0.1, 0.15) is 6.42 Å². The Labute approximate surface area is 109 Å². The average Bonchev–Trinajstić information content (AvgIpc) is 2.37. The van der Waals surface area contributed by atoms with E-state index in [0.717, 1.165) is 25.2 Å². The van der Waals surface area contributed by atoms with Crippen LogP contribution >= 0.6 is 0 Å². The highest BCUT2D eigenvalue weighted by molar-refractivity contribution is 7.91. The van der Waals surface area contributed by atoms with Crippen molar-refractivity contribution in [2.24, 2.45) is 0 Å². The molecule has 1 aromatic rings. The van der Waals surface area contributed by atoms with E-state index < -0.39 is 9.84 Å². The maximum Gasteiger partial charge on any atom is 0.152 e. The van der Waals surface area contributed by atoms with Crippen LogP contribution in [0.2, 0.25) is 0 Å². The summed E-state index contributed by atoms with van der Waals surface area (Å²) in [7, 11) is -2.75. The first-order valence-electron chi connectivity index (χ1n) is 6.37. The van der Waals surface area contributed by atoms with Crippen LogP contribution in [0.4, 0.5) is 5.69 Å². The maximum absolute atomic E-state index is 11.3. The van der Waals surface area contributed by atoms with Crippen LogP contribution in [0.5, 0.6) is 0 Å². The number of benzene rings is 1. The highest BCUT2D eigenvalue weighted by Crippen LogP contribution is 2.06. The second kappa shape index (κ2) is 6.20. The Hall–Kier alpha value is -1.07. The fourth-order valence-electron chi connectivity index (χ4n) is 2.07. The molecule has 1 saturated heterocycles. The zero-order chi connectivity index (χ0) is 12.8. The number of rotatable bonds is 5. The Kier molecular flexibility index (Phi) is 4.60. The minimum Gasteiger partial charge on any atom is -0.385 e. The molecule has 0 unspecified atom stereocenters. The van der Waals surface area contributed by atoms with Gasteiger partial charge in [0.05, 0.1) is 11.5 Å². The van der Waals surface area contributed by atoms with Crippen molar-refractivity contribution in [1.82, 2.24) is 4.90 Å². The quantitative estimate of drug-likeness (QED) is 0.816. The van der Waals surface area contributed by atoms with Gasteiger partial charge in [-0.1, -0.05) is 18.2 Å². The lowest BCUT2D eigenvalue weighted by Gasteiger charge is -2.26. The summed E-state index contributed by atoms with van der Waals surface area (Å²) in [5.41, 5.74) is 1.14. The molecule has 18 heavy (non-hydrogen) atoms. The van der Waals surface area contributed by atoms with Crippen molar-refractivity contribution in [2.45, 2.75) is 6.42 Å². The van der Waals surface area contributed by atoms with Crippen molar-refractivity contribution in [3.8, 4) is 0 Å². The Morgan fingerprint density at radius 3 is 2.44 bits per heavy atom. The third-order valence-electron chi connectivity index (χ3n) is 3.19. The van der Waals surface area contributed by atoms with Crippen LogP contribution in [0, 0.1) is 0 Å². The molecule has 1 aliphatic rings. The van der Waals surface area contributed by atoms with E-state index in [1.165, 1.54) is 0 Å². The maximum atomic E-state index is 11.3. The smallest absolute Gasteiger partial charge is 0.152 e. The molecule has 0 spiro atoms. The number of anilines is 1. The first-order chi connectivity index (χ1) is 8.66. The predicted octanol–water partition coefficient (Wildman–Crippen LogP) is 1.22. The lowest BCUT2D eigenvalue weighted by atomic mass is 10.3. The van der Waals surface area contributed by atoms with Gasteiger partial charge in [0.15, 0.2) is 9.84 Å². The number of sulfone groups is 1. The van der Waals surface area contributed by atoms with E-state index in [4.69, 9.17) is 0 Å². The molecule has 1 aromatic carbocycles. The molecular weight excluding hydrogens is 248 g/mol. The molecule has 0 saturated carbocycles. The summed E-state index contributed by atoms with van der Waals surface area (Å²) < 4.78 is 22.5. The van der Waals surface area contributed by atoms with Crippen LogP contribution in [0.15, 0.2) is 30.3 Å². The van der Waals surface area contributed by atoms with E-state index in [1.54, 1.807) is 0 Å².